The second-order valence-corrected chi connectivity index (χ2v) is 4.79. The van der Waals surface area contributed by atoms with E-state index in [-0.39, 0.29) is 12.4 Å². The number of benzene rings is 2. The zero-order valence-electron chi connectivity index (χ0n) is 10.8. The molecular weight excluding hydrogens is 263 g/mol. The maximum atomic E-state index is 13.6. The second kappa shape index (κ2) is 6.58. The molecule has 2 aromatic carbocycles. The second-order valence-electron chi connectivity index (χ2n) is 4.38. The van der Waals surface area contributed by atoms with E-state index in [4.69, 9.17) is 16.3 Å². The van der Waals surface area contributed by atoms with E-state index < -0.39 is 0 Å². The van der Waals surface area contributed by atoms with Gasteiger partial charge in [-0.05, 0) is 36.2 Å². The number of hydrogen-bond acceptors (Lipinski definition) is 1. The lowest BCUT2D eigenvalue weighted by Crippen LogP contribution is -1.99. The van der Waals surface area contributed by atoms with Crippen LogP contribution in [-0.2, 0) is 13.0 Å². The molecule has 0 saturated heterocycles. The van der Waals surface area contributed by atoms with Crippen LogP contribution in [-0.4, -0.2) is 0 Å². The zero-order valence-corrected chi connectivity index (χ0v) is 11.6. The van der Waals surface area contributed by atoms with Crippen molar-refractivity contribution in [1.29, 1.82) is 0 Å². The van der Waals surface area contributed by atoms with Crippen LogP contribution in [0.4, 0.5) is 4.39 Å². The van der Waals surface area contributed by atoms with Crippen molar-refractivity contribution >= 4 is 11.6 Å². The monoisotopic (exact) mass is 278 g/mol. The van der Waals surface area contributed by atoms with Gasteiger partial charge in [-0.3, -0.25) is 0 Å². The van der Waals surface area contributed by atoms with Crippen molar-refractivity contribution in [3.8, 4) is 5.75 Å². The predicted molar refractivity (Wildman–Crippen MR) is 76.2 cm³/mol. The molecule has 19 heavy (non-hydrogen) atoms. The molecule has 2 aromatic rings. The SMILES string of the molecule is CCCc1ccc(OCc2c(F)cccc2Cl)cc1. The zero-order chi connectivity index (χ0) is 13.7. The summed E-state index contributed by atoms with van der Waals surface area (Å²) >= 11 is 5.94. The summed E-state index contributed by atoms with van der Waals surface area (Å²) in [6.45, 7) is 2.28. The fourth-order valence-corrected chi connectivity index (χ4v) is 2.08. The van der Waals surface area contributed by atoms with Crippen molar-refractivity contribution in [2.24, 2.45) is 0 Å². The summed E-state index contributed by atoms with van der Waals surface area (Å²) in [5.74, 6) is 0.384. The van der Waals surface area contributed by atoms with Gasteiger partial charge in [0.1, 0.15) is 18.2 Å². The van der Waals surface area contributed by atoms with Crippen molar-refractivity contribution in [2.75, 3.05) is 0 Å². The smallest absolute Gasteiger partial charge is 0.131 e. The molecule has 0 radical (unpaired) electrons. The molecule has 3 heteroatoms. The van der Waals surface area contributed by atoms with Crippen molar-refractivity contribution in [2.45, 2.75) is 26.4 Å². The summed E-state index contributed by atoms with van der Waals surface area (Å²) in [7, 11) is 0. The van der Waals surface area contributed by atoms with Gasteiger partial charge in [0.25, 0.3) is 0 Å². The first kappa shape index (κ1) is 13.9. The lowest BCUT2D eigenvalue weighted by Gasteiger charge is -2.09. The third-order valence-corrected chi connectivity index (χ3v) is 3.26. The van der Waals surface area contributed by atoms with Gasteiger partial charge in [-0.1, -0.05) is 43.1 Å². The molecule has 0 heterocycles. The Kier molecular flexibility index (Phi) is 4.80. The summed E-state index contributed by atoms with van der Waals surface area (Å²) in [4.78, 5) is 0. The summed E-state index contributed by atoms with van der Waals surface area (Å²) in [6, 6.07) is 12.5. The molecule has 0 spiro atoms. The van der Waals surface area contributed by atoms with Gasteiger partial charge in [0.15, 0.2) is 0 Å². The number of hydrogen-bond donors (Lipinski definition) is 0. The minimum atomic E-state index is -0.338. The lowest BCUT2D eigenvalue weighted by molar-refractivity contribution is 0.300. The van der Waals surface area contributed by atoms with E-state index in [0.717, 1.165) is 18.6 Å². The van der Waals surface area contributed by atoms with Crippen LogP contribution in [0.2, 0.25) is 5.02 Å². The molecule has 0 amide bonds. The Balaban J connectivity index is 2.02. The topological polar surface area (TPSA) is 9.23 Å². The Morgan fingerprint density at radius 2 is 1.84 bits per heavy atom. The van der Waals surface area contributed by atoms with Crippen molar-refractivity contribution in [3.05, 3.63) is 64.4 Å². The maximum absolute atomic E-state index is 13.6. The third kappa shape index (κ3) is 3.71. The summed E-state index contributed by atoms with van der Waals surface area (Å²) in [5, 5.41) is 0.391. The van der Waals surface area contributed by atoms with Gasteiger partial charge >= 0.3 is 0 Å². The largest absolute Gasteiger partial charge is 0.489 e. The van der Waals surface area contributed by atoms with Crippen LogP contribution in [0, 0.1) is 5.82 Å². The minimum absolute atomic E-state index is 0.138. The van der Waals surface area contributed by atoms with Gasteiger partial charge in [0.2, 0.25) is 0 Å². The highest BCUT2D eigenvalue weighted by Crippen LogP contribution is 2.21. The van der Waals surface area contributed by atoms with Gasteiger partial charge in [0.05, 0.1) is 5.02 Å². The van der Waals surface area contributed by atoms with Crippen LogP contribution < -0.4 is 4.74 Å². The first-order chi connectivity index (χ1) is 9.20. The van der Waals surface area contributed by atoms with Gasteiger partial charge in [0, 0.05) is 5.56 Å². The van der Waals surface area contributed by atoms with Crippen LogP contribution in [0.1, 0.15) is 24.5 Å². The van der Waals surface area contributed by atoms with Crippen molar-refractivity contribution in [3.63, 3.8) is 0 Å². The first-order valence-corrected chi connectivity index (χ1v) is 6.73. The van der Waals surface area contributed by atoms with E-state index in [0.29, 0.717) is 10.6 Å². The molecule has 2 rings (SSSR count). The van der Waals surface area contributed by atoms with Crippen molar-refractivity contribution in [1.82, 2.24) is 0 Å². The highest BCUT2D eigenvalue weighted by Gasteiger charge is 2.07. The van der Waals surface area contributed by atoms with E-state index in [2.05, 4.69) is 6.92 Å². The molecule has 100 valence electrons. The minimum Gasteiger partial charge on any atom is -0.489 e. The van der Waals surface area contributed by atoms with E-state index >= 15 is 0 Å². The number of ether oxygens (including phenoxy) is 1. The van der Waals surface area contributed by atoms with Crippen molar-refractivity contribution < 1.29 is 9.13 Å². The molecule has 0 aliphatic rings. The fourth-order valence-electron chi connectivity index (χ4n) is 1.87. The number of halogens is 2. The molecule has 0 atom stereocenters. The van der Waals surface area contributed by atoms with E-state index in [1.165, 1.54) is 11.6 Å². The summed E-state index contributed by atoms with van der Waals surface area (Å²) in [6.07, 6.45) is 2.17. The molecule has 0 fully saturated rings. The number of rotatable bonds is 5. The van der Waals surface area contributed by atoms with Crippen LogP contribution in [0.5, 0.6) is 5.75 Å². The molecule has 0 bridgehead atoms. The normalized spacial score (nSPS) is 10.5. The van der Waals surface area contributed by atoms with Gasteiger partial charge in [-0.2, -0.15) is 0 Å². The Hall–Kier alpha value is -1.54. The van der Waals surface area contributed by atoms with E-state index in [1.54, 1.807) is 12.1 Å². The quantitative estimate of drug-likeness (QED) is 0.747. The summed E-state index contributed by atoms with van der Waals surface area (Å²) < 4.78 is 19.1. The fraction of sp³-hybridized carbons (Fsp3) is 0.250. The molecule has 1 nitrogen and oxygen atoms in total. The van der Waals surface area contributed by atoms with E-state index in [1.807, 2.05) is 24.3 Å². The maximum Gasteiger partial charge on any atom is 0.131 e. The molecule has 0 aromatic heterocycles. The molecule has 0 aliphatic carbocycles. The third-order valence-electron chi connectivity index (χ3n) is 2.91. The highest BCUT2D eigenvalue weighted by molar-refractivity contribution is 6.31. The van der Waals surface area contributed by atoms with Gasteiger partial charge in [-0.15, -0.1) is 0 Å². The van der Waals surface area contributed by atoms with Gasteiger partial charge in [-0.25, -0.2) is 4.39 Å². The van der Waals surface area contributed by atoms with Gasteiger partial charge < -0.3 is 4.74 Å². The molecule has 0 unspecified atom stereocenters. The van der Waals surface area contributed by atoms with Crippen LogP contribution >= 0.6 is 11.6 Å². The molecule has 0 aliphatic heterocycles. The van der Waals surface area contributed by atoms with Crippen LogP contribution in [0.15, 0.2) is 42.5 Å². The van der Waals surface area contributed by atoms with Crippen LogP contribution in [0.3, 0.4) is 0 Å². The average Bonchev–Trinajstić information content (AvgIpc) is 2.40. The van der Waals surface area contributed by atoms with E-state index in [9.17, 15) is 4.39 Å². The predicted octanol–water partition coefficient (Wildman–Crippen LogP) is 5.01. The average molecular weight is 279 g/mol. The Bertz CT molecular complexity index is 517. The Morgan fingerprint density at radius 3 is 2.47 bits per heavy atom. The molecular formula is C16H16ClFO. The first-order valence-electron chi connectivity index (χ1n) is 6.35. The van der Waals surface area contributed by atoms with Crippen LogP contribution in [0.25, 0.3) is 0 Å². The number of aryl methyl sites for hydroxylation is 1. The Labute approximate surface area is 118 Å². The molecule has 0 N–H and O–H groups in total. The lowest BCUT2D eigenvalue weighted by atomic mass is 10.1. The summed E-state index contributed by atoms with van der Waals surface area (Å²) in [5.41, 5.74) is 1.67. The molecule has 0 saturated carbocycles. The Morgan fingerprint density at radius 1 is 1.11 bits per heavy atom. The highest BCUT2D eigenvalue weighted by atomic mass is 35.5. The standard InChI is InChI=1S/C16H16ClFO/c1-2-4-12-7-9-13(10-8-12)19-11-14-15(17)5-3-6-16(14)18/h3,5-10H,2,4,11H2,1H3.